The molecule has 3 heterocycles. The highest BCUT2D eigenvalue weighted by Gasteiger charge is 2.43. The fourth-order valence-corrected chi connectivity index (χ4v) is 5.78. The Morgan fingerprint density at radius 1 is 1.41 bits per heavy atom. The van der Waals surface area contributed by atoms with E-state index in [0.29, 0.717) is 17.5 Å². The van der Waals surface area contributed by atoms with Gasteiger partial charge in [-0.25, -0.2) is 8.42 Å². The molecule has 94 valence electrons. The first-order valence-electron chi connectivity index (χ1n) is 6.06. The number of hydrogen-bond donors (Lipinski definition) is 1. The second kappa shape index (κ2) is 3.80. The summed E-state index contributed by atoms with van der Waals surface area (Å²) in [4.78, 5) is 1.38. The summed E-state index contributed by atoms with van der Waals surface area (Å²) in [7, 11) is -2.80. The Balaban J connectivity index is 1.99. The van der Waals surface area contributed by atoms with Crippen LogP contribution in [-0.4, -0.2) is 26.0 Å². The van der Waals surface area contributed by atoms with Crippen molar-refractivity contribution in [1.29, 1.82) is 0 Å². The lowest BCUT2D eigenvalue weighted by Gasteiger charge is -2.43. The number of hydrogen-bond acceptors (Lipinski definition) is 4. The van der Waals surface area contributed by atoms with Crippen molar-refractivity contribution in [2.75, 3.05) is 11.5 Å². The Labute approximate surface area is 106 Å². The molecule has 2 aliphatic heterocycles. The van der Waals surface area contributed by atoms with E-state index in [0.717, 1.165) is 19.3 Å². The third kappa shape index (κ3) is 1.94. The Morgan fingerprint density at radius 2 is 2.12 bits per heavy atom. The molecule has 0 aromatic carbocycles. The molecule has 0 unspecified atom stereocenters. The first-order valence-corrected chi connectivity index (χ1v) is 8.76. The van der Waals surface area contributed by atoms with Crippen LogP contribution < -0.4 is 5.32 Å². The molecule has 1 fully saturated rings. The Morgan fingerprint density at radius 3 is 2.82 bits per heavy atom. The zero-order valence-electron chi connectivity index (χ0n) is 9.90. The van der Waals surface area contributed by atoms with E-state index in [1.807, 2.05) is 0 Å². The van der Waals surface area contributed by atoms with E-state index in [2.05, 4.69) is 23.7 Å². The van der Waals surface area contributed by atoms with Gasteiger partial charge in [-0.3, -0.25) is 0 Å². The van der Waals surface area contributed by atoms with Crippen molar-refractivity contribution in [1.82, 2.24) is 5.32 Å². The van der Waals surface area contributed by atoms with Crippen LogP contribution in [-0.2, 0) is 21.8 Å². The Kier molecular flexibility index (Phi) is 2.61. The van der Waals surface area contributed by atoms with E-state index in [4.69, 9.17) is 0 Å². The van der Waals surface area contributed by atoms with Crippen LogP contribution in [0.3, 0.4) is 0 Å². The average Bonchev–Trinajstić information content (AvgIpc) is 2.71. The van der Waals surface area contributed by atoms with Gasteiger partial charge in [0.2, 0.25) is 0 Å². The van der Waals surface area contributed by atoms with E-state index in [9.17, 15) is 8.42 Å². The summed E-state index contributed by atoms with van der Waals surface area (Å²) in [6.07, 6.45) is 2.52. The van der Waals surface area contributed by atoms with Crippen LogP contribution >= 0.6 is 11.3 Å². The fraction of sp³-hybridized carbons (Fsp3) is 0.667. The molecule has 17 heavy (non-hydrogen) atoms. The molecule has 0 aliphatic carbocycles. The Bertz CT molecular complexity index is 518. The van der Waals surface area contributed by atoms with E-state index in [1.54, 1.807) is 11.3 Å². The van der Waals surface area contributed by atoms with Gasteiger partial charge in [-0.15, -0.1) is 11.3 Å². The molecule has 1 spiro atoms. The molecule has 1 atom stereocenters. The van der Waals surface area contributed by atoms with Gasteiger partial charge in [0.1, 0.15) is 9.84 Å². The minimum atomic E-state index is -2.80. The first-order chi connectivity index (χ1) is 8.01. The lowest BCUT2D eigenvalue weighted by atomic mass is 9.82. The maximum atomic E-state index is 11.6. The van der Waals surface area contributed by atoms with Gasteiger partial charge in [0.25, 0.3) is 0 Å². The van der Waals surface area contributed by atoms with E-state index >= 15 is 0 Å². The summed E-state index contributed by atoms with van der Waals surface area (Å²) < 4.78 is 23.2. The summed E-state index contributed by atoms with van der Waals surface area (Å²) in [5, 5.41) is 5.79. The summed E-state index contributed by atoms with van der Waals surface area (Å²) in [5.41, 5.74) is 1.35. The summed E-state index contributed by atoms with van der Waals surface area (Å²) in [6.45, 7) is 2.19. The van der Waals surface area contributed by atoms with E-state index in [1.165, 1.54) is 10.4 Å². The van der Waals surface area contributed by atoms with Crippen molar-refractivity contribution in [3.63, 3.8) is 0 Å². The van der Waals surface area contributed by atoms with Crippen molar-refractivity contribution >= 4 is 21.2 Å². The molecular formula is C12H17NO2S2. The smallest absolute Gasteiger partial charge is 0.150 e. The zero-order valence-corrected chi connectivity index (χ0v) is 11.5. The predicted octanol–water partition coefficient (Wildman–Crippen LogP) is 1.69. The van der Waals surface area contributed by atoms with Gasteiger partial charge in [0.15, 0.2) is 0 Å². The van der Waals surface area contributed by atoms with Gasteiger partial charge in [-0.05, 0) is 43.2 Å². The molecule has 5 heteroatoms. The Hall–Kier alpha value is -0.390. The van der Waals surface area contributed by atoms with Gasteiger partial charge in [0, 0.05) is 10.9 Å². The summed E-state index contributed by atoms with van der Waals surface area (Å²) in [5.74, 6) is 0.647. The molecule has 0 saturated carbocycles. The number of nitrogens with one attached hydrogen (secondary N) is 1. The largest absolute Gasteiger partial charge is 0.304 e. The van der Waals surface area contributed by atoms with Crippen molar-refractivity contribution in [2.45, 2.75) is 37.8 Å². The highest BCUT2D eigenvalue weighted by Crippen LogP contribution is 2.42. The minimum Gasteiger partial charge on any atom is -0.304 e. The van der Waals surface area contributed by atoms with Gasteiger partial charge in [0.05, 0.1) is 17.0 Å². The predicted molar refractivity (Wildman–Crippen MR) is 70.2 cm³/mol. The SMILES string of the molecule is C[C@@H]1Cc2ccsc2C2(CCS(=O)(=O)CC2)N1. The maximum absolute atomic E-state index is 11.6. The number of thiophene rings is 1. The molecule has 3 rings (SSSR count). The molecular weight excluding hydrogens is 254 g/mol. The topological polar surface area (TPSA) is 46.2 Å². The number of fused-ring (bicyclic) bond motifs is 2. The minimum absolute atomic E-state index is 0.0630. The van der Waals surface area contributed by atoms with E-state index in [-0.39, 0.29) is 5.54 Å². The quantitative estimate of drug-likeness (QED) is 0.781. The second-order valence-corrected chi connectivity index (χ2v) is 8.48. The van der Waals surface area contributed by atoms with Gasteiger partial charge >= 0.3 is 0 Å². The molecule has 2 aliphatic rings. The van der Waals surface area contributed by atoms with Gasteiger partial charge in [-0.1, -0.05) is 0 Å². The standard InChI is InChI=1S/C12H17NO2S2/c1-9-8-10-2-5-16-11(10)12(13-9)3-6-17(14,15)7-4-12/h2,5,9,13H,3-4,6-8H2,1H3/t9-/m1/s1. The highest BCUT2D eigenvalue weighted by atomic mass is 32.2. The fourth-order valence-electron chi connectivity index (χ4n) is 3.09. The van der Waals surface area contributed by atoms with Crippen molar-refractivity contribution in [3.05, 3.63) is 21.9 Å². The van der Waals surface area contributed by atoms with E-state index < -0.39 is 9.84 Å². The van der Waals surface area contributed by atoms with Crippen LogP contribution in [0.15, 0.2) is 11.4 Å². The monoisotopic (exact) mass is 271 g/mol. The molecule has 3 nitrogen and oxygen atoms in total. The molecule has 1 saturated heterocycles. The first kappa shape index (κ1) is 11.7. The summed E-state index contributed by atoms with van der Waals surface area (Å²) in [6, 6.07) is 2.64. The van der Waals surface area contributed by atoms with Crippen molar-refractivity contribution in [2.24, 2.45) is 0 Å². The van der Waals surface area contributed by atoms with Crippen LogP contribution in [0, 0.1) is 0 Å². The van der Waals surface area contributed by atoms with Gasteiger partial charge in [-0.2, -0.15) is 0 Å². The number of sulfone groups is 1. The van der Waals surface area contributed by atoms with Crippen molar-refractivity contribution in [3.8, 4) is 0 Å². The molecule has 0 bridgehead atoms. The molecule has 0 radical (unpaired) electrons. The lowest BCUT2D eigenvalue weighted by Crippen LogP contribution is -2.54. The van der Waals surface area contributed by atoms with Crippen LogP contribution in [0.1, 0.15) is 30.2 Å². The number of rotatable bonds is 0. The highest BCUT2D eigenvalue weighted by molar-refractivity contribution is 7.91. The van der Waals surface area contributed by atoms with Crippen LogP contribution in [0.25, 0.3) is 0 Å². The normalized spacial score (nSPS) is 30.1. The maximum Gasteiger partial charge on any atom is 0.150 e. The lowest BCUT2D eigenvalue weighted by molar-refractivity contribution is 0.255. The van der Waals surface area contributed by atoms with Crippen LogP contribution in [0.4, 0.5) is 0 Å². The van der Waals surface area contributed by atoms with Gasteiger partial charge < -0.3 is 5.32 Å². The molecule has 1 aromatic rings. The third-order valence-corrected chi connectivity index (χ3v) is 6.72. The average molecular weight is 271 g/mol. The third-order valence-electron chi connectivity index (χ3n) is 3.91. The summed E-state index contributed by atoms with van der Waals surface area (Å²) >= 11 is 1.78. The zero-order chi connectivity index (χ0) is 12.1. The molecule has 1 aromatic heterocycles. The van der Waals surface area contributed by atoms with Crippen LogP contribution in [0.5, 0.6) is 0 Å². The molecule has 1 N–H and O–H groups in total. The van der Waals surface area contributed by atoms with Crippen LogP contribution in [0.2, 0.25) is 0 Å². The molecule has 0 amide bonds. The second-order valence-electron chi connectivity index (χ2n) is 5.26. The van der Waals surface area contributed by atoms with Crippen molar-refractivity contribution < 1.29 is 8.42 Å².